The standard InChI is InChI=1S/C26H32N4O2S/c1-26(2)17-20-16-19(8-9-22(20)30(18-32-3)25(26)31)10-11-28-12-14-29(15-13-28)24-21-6-4-5-7-23(21)33-27-24/h4-9,16H,10-15,17-18H2,1-3H3. The smallest absolute Gasteiger partial charge is 0.234 e. The van der Waals surface area contributed by atoms with Crippen LogP contribution in [0.1, 0.15) is 25.0 Å². The van der Waals surface area contributed by atoms with Crippen molar-refractivity contribution in [2.24, 2.45) is 5.41 Å². The van der Waals surface area contributed by atoms with Crippen molar-refractivity contribution in [2.75, 3.05) is 56.4 Å². The van der Waals surface area contributed by atoms with Crippen LogP contribution in [0, 0.1) is 5.41 Å². The second-order valence-electron chi connectivity index (χ2n) is 9.76. The van der Waals surface area contributed by atoms with Gasteiger partial charge in [0.1, 0.15) is 12.5 Å². The van der Waals surface area contributed by atoms with Gasteiger partial charge in [0.25, 0.3) is 0 Å². The fraction of sp³-hybridized carbons (Fsp3) is 0.462. The van der Waals surface area contributed by atoms with Crippen LogP contribution in [0.15, 0.2) is 42.5 Å². The van der Waals surface area contributed by atoms with E-state index in [4.69, 9.17) is 9.11 Å². The van der Waals surface area contributed by atoms with E-state index in [0.717, 1.165) is 57.1 Å². The zero-order chi connectivity index (χ0) is 23.0. The molecule has 2 aliphatic heterocycles. The van der Waals surface area contributed by atoms with Crippen molar-refractivity contribution >= 4 is 39.0 Å². The Labute approximate surface area is 199 Å². The third-order valence-corrected chi connectivity index (χ3v) is 7.71. The van der Waals surface area contributed by atoms with Crippen molar-refractivity contribution in [1.29, 1.82) is 0 Å². The molecule has 33 heavy (non-hydrogen) atoms. The van der Waals surface area contributed by atoms with E-state index in [1.165, 1.54) is 21.2 Å². The van der Waals surface area contributed by atoms with E-state index in [1.54, 1.807) is 23.5 Å². The molecule has 0 bridgehead atoms. The van der Waals surface area contributed by atoms with Gasteiger partial charge in [0.15, 0.2) is 0 Å². The van der Waals surface area contributed by atoms with Crippen LogP contribution in [0.3, 0.4) is 0 Å². The molecule has 6 nitrogen and oxygen atoms in total. The fourth-order valence-electron chi connectivity index (χ4n) is 5.05. The van der Waals surface area contributed by atoms with Gasteiger partial charge in [0.05, 0.1) is 4.70 Å². The SMILES string of the molecule is COCN1C(=O)C(C)(C)Cc2cc(CCN3CCN(c4nsc5ccccc45)CC3)ccc21. The van der Waals surface area contributed by atoms with E-state index < -0.39 is 5.41 Å². The van der Waals surface area contributed by atoms with Crippen LogP contribution in [-0.4, -0.2) is 61.7 Å². The lowest BCUT2D eigenvalue weighted by Crippen LogP contribution is -2.47. The Balaban J connectivity index is 1.21. The number of aromatic nitrogens is 1. The molecule has 5 rings (SSSR count). The minimum Gasteiger partial charge on any atom is -0.364 e. The minimum atomic E-state index is -0.402. The van der Waals surface area contributed by atoms with Gasteiger partial charge in [-0.3, -0.25) is 14.6 Å². The molecule has 0 aliphatic carbocycles. The largest absolute Gasteiger partial charge is 0.364 e. The van der Waals surface area contributed by atoms with Crippen LogP contribution >= 0.6 is 11.5 Å². The Morgan fingerprint density at radius 3 is 2.67 bits per heavy atom. The second kappa shape index (κ2) is 9.05. The van der Waals surface area contributed by atoms with Crippen LogP contribution in [0.4, 0.5) is 11.5 Å². The third kappa shape index (κ3) is 4.37. The minimum absolute atomic E-state index is 0.135. The summed E-state index contributed by atoms with van der Waals surface area (Å²) in [7, 11) is 1.64. The van der Waals surface area contributed by atoms with Crippen LogP contribution in [-0.2, 0) is 22.4 Å². The van der Waals surface area contributed by atoms with Gasteiger partial charge >= 0.3 is 0 Å². The van der Waals surface area contributed by atoms with Gasteiger partial charge in [-0.1, -0.05) is 38.1 Å². The molecular formula is C26H32N4O2S. The molecule has 0 spiro atoms. The molecule has 0 unspecified atom stereocenters. The zero-order valence-electron chi connectivity index (χ0n) is 19.7. The number of ether oxygens (including phenoxy) is 1. The van der Waals surface area contributed by atoms with Gasteiger partial charge in [-0.2, -0.15) is 4.37 Å². The number of carbonyl (C=O) groups excluding carboxylic acids is 1. The Morgan fingerprint density at radius 1 is 1.09 bits per heavy atom. The number of carbonyl (C=O) groups is 1. The number of fused-ring (bicyclic) bond motifs is 2. The zero-order valence-corrected chi connectivity index (χ0v) is 20.5. The summed E-state index contributed by atoms with van der Waals surface area (Å²) in [6.07, 6.45) is 1.79. The first kappa shape index (κ1) is 22.3. The maximum absolute atomic E-state index is 12.8. The number of benzene rings is 2. The van der Waals surface area contributed by atoms with E-state index in [1.807, 2.05) is 13.8 Å². The van der Waals surface area contributed by atoms with Gasteiger partial charge in [-0.05, 0) is 53.7 Å². The number of amides is 1. The highest BCUT2D eigenvalue weighted by atomic mass is 32.1. The molecule has 3 heterocycles. The summed E-state index contributed by atoms with van der Waals surface area (Å²) < 4.78 is 11.3. The van der Waals surface area contributed by atoms with Crippen molar-refractivity contribution < 1.29 is 9.53 Å². The van der Waals surface area contributed by atoms with Crippen LogP contribution < -0.4 is 9.80 Å². The number of methoxy groups -OCH3 is 1. The number of anilines is 2. The highest BCUT2D eigenvalue weighted by Crippen LogP contribution is 2.38. The molecule has 0 N–H and O–H groups in total. The van der Waals surface area contributed by atoms with Crippen molar-refractivity contribution in [3.8, 4) is 0 Å². The highest BCUT2D eigenvalue weighted by Gasteiger charge is 2.38. The molecule has 1 amide bonds. The second-order valence-corrected chi connectivity index (χ2v) is 10.6. The first-order valence-corrected chi connectivity index (χ1v) is 12.5. The molecule has 1 fully saturated rings. The quantitative estimate of drug-likeness (QED) is 0.548. The lowest BCUT2D eigenvalue weighted by atomic mass is 9.80. The molecule has 1 saturated heterocycles. The highest BCUT2D eigenvalue weighted by molar-refractivity contribution is 7.13. The van der Waals surface area contributed by atoms with Gasteiger partial charge in [-0.25, -0.2) is 0 Å². The summed E-state index contributed by atoms with van der Waals surface area (Å²) in [4.78, 5) is 19.6. The number of rotatable bonds is 6. The summed E-state index contributed by atoms with van der Waals surface area (Å²) in [5.41, 5.74) is 3.17. The Bertz CT molecular complexity index is 1150. The Kier molecular flexibility index (Phi) is 6.12. The summed E-state index contributed by atoms with van der Waals surface area (Å²) in [5.74, 6) is 1.28. The average Bonchev–Trinajstić information content (AvgIpc) is 3.25. The van der Waals surface area contributed by atoms with E-state index in [2.05, 4.69) is 52.3 Å². The predicted molar refractivity (Wildman–Crippen MR) is 135 cm³/mol. The lowest BCUT2D eigenvalue weighted by molar-refractivity contribution is -0.128. The maximum Gasteiger partial charge on any atom is 0.234 e. The number of hydrogen-bond acceptors (Lipinski definition) is 6. The molecule has 3 aromatic rings. The first-order chi connectivity index (χ1) is 16.0. The van der Waals surface area contributed by atoms with Gasteiger partial charge in [0, 0.05) is 56.3 Å². The maximum atomic E-state index is 12.8. The lowest BCUT2D eigenvalue weighted by Gasteiger charge is -2.38. The topological polar surface area (TPSA) is 48.9 Å². The summed E-state index contributed by atoms with van der Waals surface area (Å²) in [5, 5.41) is 1.27. The molecule has 0 atom stereocenters. The average molecular weight is 465 g/mol. The Hall–Kier alpha value is -2.48. The van der Waals surface area contributed by atoms with Gasteiger partial charge in [-0.15, -0.1) is 0 Å². The van der Waals surface area contributed by atoms with Crippen molar-refractivity contribution in [1.82, 2.24) is 9.27 Å². The number of hydrogen-bond donors (Lipinski definition) is 0. The van der Waals surface area contributed by atoms with Gasteiger partial charge < -0.3 is 9.64 Å². The van der Waals surface area contributed by atoms with E-state index >= 15 is 0 Å². The molecule has 0 radical (unpaired) electrons. The number of nitrogens with zero attached hydrogens (tertiary/aromatic N) is 4. The van der Waals surface area contributed by atoms with Crippen LogP contribution in [0.25, 0.3) is 10.1 Å². The molecular weight excluding hydrogens is 432 g/mol. The van der Waals surface area contributed by atoms with Crippen molar-refractivity contribution in [2.45, 2.75) is 26.7 Å². The van der Waals surface area contributed by atoms with E-state index in [0.29, 0.717) is 6.73 Å². The van der Waals surface area contributed by atoms with Crippen LogP contribution in [0.5, 0.6) is 0 Å². The summed E-state index contributed by atoms with van der Waals surface area (Å²) >= 11 is 1.59. The summed E-state index contributed by atoms with van der Waals surface area (Å²) in [6, 6.07) is 15.1. The monoisotopic (exact) mass is 464 g/mol. The van der Waals surface area contributed by atoms with Crippen molar-refractivity contribution in [3.63, 3.8) is 0 Å². The molecule has 2 aromatic carbocycles. The molecule has 7 heteroatoms. The van der Waals surface area contributed by atoms with Crippen LogP contribution in [0.2, 0.25) is 0 Å². The Morgan fingerprint density at radius 2 is 1.88 bits per heavy atom. The van der Waals surface area contributed by atoms with Gasteiger partial charge in [0.2, 0.25) is 5.91 Å². The van der Waals surface area contributed by atoms with E-state index in [9.17, 15) is 4.79 Å². The molecule has 174 valence electrons. The fourth-order valence-corrected chi connectivity index (χ4v) is 5.85. The predicted octanol–water partition coefficient (Wildman–Crippen LogP) is 4.18. The van der Waals surface area contributed by atoms with E-state index in [-0.39, 0.29) is 5.91 Å². The third-order valence-electron chi connectivity index (χ3n) is 6.90. The van der Waals surface area contributed by atoms with Crippen molar-refractivity contribution in [3.05, 3.63) is 53.6 Å². The molecule has 2 aliphatic rings. The molecule has 0 saturated carbocycles. The first-order valence-electron chi connectivity index (χ1n) is 11.7. The summed E-state index contributed by atoms with van der Waals surface area (Å²) in [6.45, 7) is 9.54. The normalized spacial score (nSPS) is 18.7. The molecule has 1 aromatic heterocycles. The number of piperazine rings is 1.